The molecule has 124 valence electrons. The summed E-state index contributed by atoms with van der Waals surface area (Å²) in [6.07, 6.45) is 5.30. The smallest absolute Gasteiger partial charge is 0.120 e. The maximum absolute atomic E-state index is 9.77. The second-order valence-corrected chi connectivity index (χ2v) is 6.56. The van der Waals surface area contributed by atoms with Crippen molar-refractivity contribution in [1.29, 1.82) is 0 Å². The van der Waals surface area contributed by atoms with Crippen LogP contribution in [0.5, 0.6) is 5.75 Å². The van der Waals surface area contributed by atoms with Crippen LogP contribution in [0.1, 0.15) is 42.6 Å². The summed E-state index contributed by atoms with van der Waals surface area (Å²) < 4.78 is 5.63. The number of furan rings is 1. The molecule has 1 aliphatic carbocycles. The summed E-state index contributed by atoms with van der Waals surface area (Å²) in [5, 5.41) is 19.5. The van der Waals surface area contributed by atoms with Gasteiger partial charge in [0.1, 0.15) is 11.5 Å². The minimum absolute atomic E-state index is 0.154. The molecule has 2 N–H and O–H groups in total. The summed E-state index contributed by atoms with van der Waals surface area (Å²) in [7, 11) is 0. The fraction of sp³-hybridized carbons (Fsp3) is 0.474. The van der Waals surface area contributed by atoms with E-state index in [1.165, 1.54) is 5.56 Å². The molecule has 0 bridgehead atoms. The first-order valence-electron chi connectivity index (χ1n) is 8.35. The van der Waals surface area contributed by atoms with E-state index in [0.29, 0.717) is 11.8 Å². The van der Waals surface area contributed by atoms with E-state index in [4.69, 9.17) is 4.42 Å². The van der Waals surface area contributed by atoms with Crippen LogP contribution in [0.25, 0.3) is 0 Å². The van der Waals surface area contributed by atoms with Crippen molar-refractivity contribution in [2.24, 2.45) is 0 Å². The van der Waals surface area contributed by atoms with Crippen LogP contribution in [0, 0.1) is 6.92 Å². The Bertz CT molecular complexity index is 629. The molecule has 1 heterocycles. The third kappa shape index (κ3) is 4.15. The largest absolute Gasteiger partial charge is 0.508 e. The van der Waals surface area contributed by atoms with Crippen LogP contribution in [-0.2, 0) is 13.1 Å². The Morgan fingerprint density at radius 2 is 1.91 bits per heavy atom. The molecule has 4 nitrogen and oxygen atoms in total. The van der Waals surface area contributed by atoms with Crippen LogP contribution >= 0.6 is 0 Å². The molecule has 4 heteroatoms. The molecular weight excluding hydrogens is 290 g/mol. The number of phenolic OH excluding ortho intramolecular Hbond substituents is 1. The minimum Gasteiger partial charge on any atom is -0.508 e. The Labute approximate surface area is 137 Å². The fourth-order valence-electron chi connectivity index (χ4n) is 3.38. The number of aromatic hydroxyl groups is 1. The molecule has 1 aromatic carbocycles. The van der Waals surface area contributed by atoms with Crippen LogP contribution in [0.3, 0.4) is 0 Å². The number of hydrogen-bond donors (Lipinski definition) is 2. The average molecular weight is 315 g/mol. The lowest BCUT2D eigenvalue weighted by Crippen LogP contribution is -2.38. The number of aliphatic hydroxyl groups is 1. The molecule has 2 aromatic rings. The molecule has 3 rings (SSSR count). The number of hydrogen-bond acceptors (Lipinski definition) is 4. The number of benzene rings is 1. The highest BCUT2D eigenvalue weighted by Crippen LogP contribution is 2.27. The van der Waals surface area contributed by atoms with Gasteiger partial charge < -0.3 is 14.6 Å². The summed E-state index contributed by atoms with van der Waals surface area (Å²) in [5.74, 6) is 1.30. The van der Waals surface area contributed by atoms with Gasteiger partial charge in [0.25, 0.3) is 0 Å². The Morgan fingerprint density at radius 1 is 1.13 bits per heavy atom. The van der Waals surface area contributed by atoms with Crippen LogP contribution in [-0.4, -0.2) is 27.3 Å². The highest BCUT2D eigenvalue weighted by Gasteiger charge is 2.26. The topological polar surface area (TPSA) is 56.8 Å². The van der Waals surface area contributed by atoms with Crippen LogP contribution in [0.2, 0.25) is 0 Å². The van der Waals surface area contributed by atoms with Crippen molar-refractivity contribution >= 4 is 0 Å². The van der Waals surface area contributed by atoms with Crippen LogP contribution in [0.15, 0.2) is 41.0 Å². The summed E-state index contributed by atoms with van der Waals surface area (Å²) >= 11 is 0. The Kier molecular flexibility index (Phi) is 5.03. The van der Waals surface area contributed by atoms with Crippen LogP contribution in [0.4, 0.5) is 0 Å². The zero-order valence-electron chi connectivity index (χ0n) is 13.6. The van der Waals surface area contributed by atoms with Crippen molar-refractivity contribution in [2.75, 3.05) is 0 Å². The van der Waals surface area contributed by atoms with Crippen molar-refractivity contribution in [3.63, 3.8) is 0 Å². The molecule has 0 spiro atoms. The maximum Gasteiger partial charge on any atom is 0.120 e. The van der Waals surface area contributed by atoms with Crippen molar-refractivity contribution < 1.29 is 14.6 Å². The number of aryl methyl sites for hydroxylation is 1. The van der Waals surface area contributed by atoms with Gasteiger partial charge in [-0.1, -0.05) is 12.1 Å². The predicted octanol–water partition coefficient (Wildman–Crippen LogP) is 3.60. The van der Waals surface area contributed by atoms with Crippen LogP contribution < -0.4 is 0 Å². The van der Waals surface area contributed by atoms with Gasteiger partial charge in [-0.05, 0) is 61.9 Å². The summed E-state index contributed by atoms with van der Waals surface area (Å²) in [4.78, 5) is 2.41. The molecule has 0 radical (unpaired) electrons. The molecule has 1 aliphatic rings. The number of rotatable bonds is 5. The third-order valence-corrected chi connectivity index (χ3v) is 4.79. The number of aliphatic hydroxyl groups excluding tert-OH is 1. The summed E-state index contributed by atoms with van der Waals surface area (Å²) in [5.41, 5.74) is 2.27. The standard InChI is InChI=1S/C19H25NO3/c1-14-9-10-23-19(14)13-20(16-5-7-17(21)8-6-16)12-15-3-2-4-18(22)11-15/h2-4,9-11,16-17,21-22H,5-8,12-13H2,1H3. The summed E-state index contributed by atoms with van der Waals surface area (Å²) in [6.45, 7) is 3.60. The molecular formula is C19H25NO3. The van der Waals surface area contributed by atoms with Gasteiger partial charge in [0.05, 0.1) is 18.9 Å². The van der Waals surface area contributed by atoms with Crippen molar-refractivity contribution in [1.82, 2.24) is 4.90 Å². The lowest BCUT2D eigenvalue weighted by molar-refractivity contribution is 0.0632. The molecule has 0 aliphatic heterocycles. The SMILES string of the molecule is Cc1ccoc1CN(Cc1cccc(O)c1)C1CCC(O)CC1. The number of phenols is 1. The Morgan fingerprint density at radius 3 is 2.57 bits per heavy atom. The van der Waals surface area contributed by atoms with Gasteiger partial charge in [0, 0.05) is 12.6 Å². The molecule has 1 aromatic heterocycles. The first-order chi connectivity index (χ1) is 11.1. The van der Waals surface area contributed by atoms with Gasteiger partial charge in [-0.15, -0.1) is 0 Å². The van der Waals surface area contributed by atoms with Crippen molar-refractivity contribution in [3.8, 4) is 5.75 Å². The van der Waals surface area contributed by atoms with Gasteiger partial charge >= 0.3 is 0 Å². The second-order valence-electron chi connectivity index (χ2n) is 6.56. The normalized spacial score (nSPS) is 21.7. The predicted molar refractivity (Wildman–Crippen MR) is 89.1 cm³/mol. The zero-order valence-corrected chi connectivity index (χ0v) is 13.6. The van der Waals surface area contributed by atoms with E-state index in [1.54, 1.807) is 12.3 Å². The minimum atomic E-state index is -0.154. The van der Waals surface area contributed by atoms with E-state index in [2.05, 4.69) is 11.8 Å². The van der Waals surface area contributed by atoms with E-state index in [0.717, 1.165) is 50.1 Å². The lowest BCUT2D eigenvalue weighted by Gasteiger charge is -2.35. The number of nitrogens with zero attached hydrogens (tertiary/aromatic N) is 1. The van der Waals surface area contributed by atoms with E-state index in [-0.39, 0.29) is 6.10 Å². The monoisotopic (exact) mass is 315 g/mol. The van der Waals surface area contributed by atoms with Crippen molar-refractivity contribution in [2.45, 2.75) is 57.8 Å². The Balaban J connectivity index is 1.76. The molecule has 0 amide bonds. The van der Waals surface area contributed by atoms with E-state index in [9.17, 15) is 10.2 Å². The molecule has 1 saturated carbocycles. The van der Waals surface area contributed by atoms with Gasteiger partial charge in [-0.3, -0.25) is 4.90 Å². The van der Waals surface area contributed by atoms with E-state index < -0.39 is 0 Å². The zero-order chi connectivity index (χ0) is 16.2. The van der Waals surface area contributed by atoms with E-state index >= 15 is 0 Å². The lowest BCUT2D eigenvalue weighted by atomic mass is 9.91. The summed E-state index contributed by atoms with van der Waals surface area (Å²) in [6, 6.07) is 9.86. The van der Waals surface area contributed by atoms with Crippen molar-refractivity contribution in [3.05, 3.63) is 53.5 Å². The Hall–Kier alpha value is -1.78. The molecule has 1 fully saturated rings. The first-order valence-corrected chi connectivity index (χ1v) is 8.35. The van der Waals surface area contributed by atoms with E-state index in [1.807, 2.05) is 24.3 Å². The fourth-order valence-corrected chi connectivity index (χ4v) is 3.38. The molecule has 0 unspecified atom stereocenters. The van der Waals surface area contributed by atoms with Gasteiger partial charge in [-0.2, -0.15) is 0 Å². The van der Waals surface area contributed by atoms with Gasteiger partial charge in [0.15, 0.2) is 0 Å². The molecule has 0 atom stereocenters. The molecule has 0 saturated heterocycles. The van der Waals surface area contributed by atoms with Gasteiger partial charge in [-0.25, -0.2) is 0 Å². The first kappa shape index (κ1) is 16.1. The molecule has 23 heavy (non-hydrogen) atoms. The highest BCUT2D eigenvalue weighted by molar-refractivity contribution is 5.27. The maximum atomic E-state index is 9.77. The van der Waals surface area contributed by atoms with Gasteiger partial charge in [0.2, 0.25) is 0 Å². The quantitative estimate of drug-likeness (QED) is 0.885. The average Bonchev–Trinajstić information content (AvgIpc) is 2.93. The second kappa shape index (κ2) is 7.20. The third-order valence-electron chi connectivity index (χ3n) is 4.79. The highest BCUT2D eigenvalue weighted by atomic mass is 16.3.